The normalized spacial score (nSPS) is 12.9. The molecule has 3 aromatic carbocycles. The molecule has 5 rings (SSSR count). The number of nitrogens with zero attached hydrogens (tertiary/aromatic N) is 4. The van der Waals surface area contributed by atoms with E-state index in [9.17, 15) is 22.4 Å². The molecule has 11 nitrogen and oxygen atoms in total. The summed E-state index contributed by atoms with van der Waals surface area (Å²) in [6.45, 7) is 17.0. The van der Waals surface area contributed by atoms with Gasteiger partial charge in [-0.05, 0) is 122 Å². The van der Waals surface area contributed by atoms with Crippen molar-refractivity contribution in [3.63, 3.8) is 0 Å². The zero-order valence-corrected chi connectivity index (χ0v) is 38.0. The first-order chi connectivity index (χ1) is 28.0. The van der Waals surface area contributed by atoms with Crippen LogP contribution in [0.4, 0.5) is 4.39 Å². The Bertz CT molecular complexity index is 2410. The van der Waals surface area contributed by atoms with Crippen LogP contribution in [0.15, 0.2) is 99.7 Å². The fourth-order valence-corrected chi connectivity index (χ4v) is 7.16. The summed E-state index contributed by atoms with van der Waals surface area (Å²) >= 11 is 12.3. The maximum Gasteiger partial charge on any atom is 0.297 e. The molecule has 324 valence electrons. The van der Waals surface area contributed by atoms with E-state index in [1.165, 1.54) is 21.8 Å². The van der Waals surface area contributed by atoms with E-state index in [1.807, 2.05) is 97.0 Å². The van der Waals surface area contributed by atoms with Crippen LogP contribution in [0, 0.1) is 6.92 Å². The quantitative estimate of drug-likeness (QED) is 0.0943. The second-order valence-electron chi connectivity index (χ2n) is 16.7. The van der Waals surface area contributed by atoms with Crippen LogP contribution in [0.1, 0.15) is 96.0 Å². The van der Waals surface area contributed by atoms with Gasteiger partial charge in [-0.25, -0.2) is 13.8 Å². The van der Waals surface area contributed by atoms with E-state index in [4.69, 9.17) is 36.9 Å². The molecule has 0 aliphatic heterocycles. The number of benzene rings is 3. The monoisotopic (exact) mass is 884 g/mol. The first kappa shape index (κ1) is 48.1. The molecule has 0 saturated heterocycles. The molecule has 0 bridgehead atoms. The minimum Gasteiger partial charge on any atom is -0.485 e. The van der Waals surface area contributed by atoms with E-state index < -0.39 is 39.0 Å². The maximum atomic E-state index is 12.9. The van der Waals surface area contributed by atoms with E-state index >= 15 is 0 Å². The summed E-state index contributed by atoms with van der Waals surface area (Å²) in [6.07, 6.45) is 4.09. The zero-order chi connectivity index (χ0) is 44.4. The minimum absolute atomic E-state index is 0.00104. The molecule has 2 aromatic heterocycles. The number of hydrogen-bond donors (Lipinski definition) is 0. The van der Waals surface area contributed by atoms with Crippen molar-refractivity contribution >= 4 is 33.3 Å². The van der Waals surface area contributed by atoms with Crippen molar-refractivity contribution in [2.45, 2.75) is 129 Å². The first-order valence-electron chi connectivity index (χ1n) is 19.7. The Balaban J connectivity index is 0.000000280. The van der Waals surface area contributed by atoms with Gasteiger partial charge in [0.1, 0.15) is 13.2 Å². The third kappa shape index (κ3) is 14.0. The predicted octanol–water partition coefficient (Wildman–Crippen LogP) is 9.79. The Morgan fingerprint density at radius 1 is 0.650 bits per heavy atom. The molecule has 5 aromatic rings. The van der Waals surface area contributed by atoms with Crippen molar-refractivity contribution in [3.8, 4) is 11.5 Å². The largest absolute Gasteiger partial charge is 0.485 e. The second kappa shape index (κ2) is 20.8. The highest BCUT2D eigenvalue weighted by Gasteiger charge is 2.22. The average Bonchev–Trinajstić information content (AvgIpc) is 3.17. The molecule has 0 amide bonds. The summed E-state index contributed by atoms with van der Waals surface area (Å²) in [6, 6.07) is 22.1. The lowest BCUT2D eigenvalue weighted by molar-refractivity contribution is 0.218. The minimum atomic E-state index is -3.79. The van der Waals surface area contributed by atoms with Gasteiger partial charge in [-0.15, -0.1) is 0 Å². The van der Waals surface area contributed by atoms with Crippen LogP contribution in [0.5, 0.6) is 11.5 Å². The third-order valence-electron chi connectivity index (χ3n) is 9.15. The van der Waals surface area contributed by atoms with Crippen LogP contribution in [0.2, 0.25) is 10.0 Å². The van der Waals surface area contributed by atoms with E-state index in [0.717, 1.165) is 27.8 Å². The Hall–Kier alpha value is -4.56. The lowest BCUT2D eigenvalue weighted by atomic mass is 10.1. The molecule has 0 aliphatic carbocycles. The lowest BCUT2D eigenvalue weighted by Crippen LogP contribution is -2.36. The van der Waals surface area contributed by atoms with Crippen LogP contribution < -0.4 is 20.6 Å². The highest BCUT2D eigenvalue weighted by atomic mass is 35.5. The van der Waals surface area contributed by atoms with E-state index in [0.29, 0.717) is 25.7 Å². The molecule has 0 fully saturated rings. The standard InChI is InChI=1S/C26H31ClN2O5S.C19H24ClFN2O2/c1-18-6-14-22(15-7-18)35(31,32)34-19(2)8-9-20-10-12-21(13-11-20)17-33-23-16-28-29(26(3,4)5)25(30)24(23)27;1-13(21)5-6-14-7-9-15(10-8-14)12-25-16-11-22-23(19(2,3)4)18(24)17(16)20/h6-7,10-16,19H,8-9,17H2,1-5H3;7-11,13H,5-6,12H2,1-4H3. The van der Waals surface area contributed by atoms with Crippen LogP contribution >= 0.6 is 23.2 Å². The van der Waals surface area contributed by atoms with Gasteiger partial charge in [0.05, 0.1) is 40.6 Å². The van der Waals surface area contributed by atoms with E-state index in [-0.39, 0.29) is 45.2 Å². The summed E-state index contributed by atoms with van der Waals surface area (Å²) in [5.41, 5.74) is 3.25. The van der Waals surface area contributed by atoms with Crippen molar-refractivity contribution in [3.05, 3.63) is 144 Å². The molecule has 2 heterocycles. The fourth-order valence-electron chi connectivity index (χ4n) is 5.68. The molecule has 0 radical (unpaired) electrons. The smallest absolute Gasteiger partial charge is 0.297 e. The second-order valence-corrected chi connectivity index (χ2v) is 19.0. The van der Waals surface area contributed by atoms with E-state index in [2.05, 4.69) is 10.2 Å². The van der Waals surface area contributed by atoms with Crippen molar-refractivity contribution in [2.24, 2.45) is 0 Å². The van der Waals surface area contributed by atoms with Gasteiger partial charge in [0, 0.05) is 0 Å². The molecule has 0 aliphatic rings. The highest BCUT2D eigenvalue weighted by Crippen LogP contribution is 2.24. The van der Waals surface area contributed by atoms with Gasteiger partial charge < -0.3 is 9.47 Å². The van der Waals surface area contributed by atoms with Crippen LogP contribution in [0.3, 0.4) is 0 Å². The molecular formula is C45H55Cl2FN4O7S. The Kier molecular flexibility index (Phi) is 16.7. The zero-order valence-electron chi connectivity index (χ0n) is 35.7. The lowest BCUT2D eigenvalue weighted by Gasteiger charge is -2.21. The number of ether oxygens (including phenoxy) is 2. The number of aryl methyl sites for hydroxylation is 3. The van der Waals surface area contributed by atoms with Gasteiger partial charge >= 0.3 is 0 Å². The Morgan fingerprint density at radius 3 is 1.42 bits per heavy atom. The number of alkyl halides is 1. The summed E-state index contributed by atoms with van der Waals surface area (Å²) in [7, 11) is -3.79. The number of aromatic nitrogens is 4. The number of halogens is 3. The van der Waals surface area contributed by atoms with Crippen LogP contribution in [-0.4, -0.2) is 40.3 Å². The van der Waals surface area contributed by atoms with Gasteiger partial charge in [-0.2, -0.15) is 18.6 Å². The molecule has 0 spiro atoms. The first-order valence-corrected chi connectivity index (χ1v) is 21.8. The Labute approximate surface area is 362 Å². The average molecular weight is 886 g/mol. The molecule has 2 atom stereocenters. The van der Waals surface area contributed by atoms with Crippen molar-refractivity contribution in [1.29, 1.82) is 0 Å². The van der Waals surface area contributed by atoms with Crippen molar-refractivity contribution in [2.75, 3.05) is 0 Å². The third-order valence-corrected chi connectivity index (χ3v) is 11.3. The SMILES string of the molecule is CC(F)CCc1ccc(COc2cnn(C(C)(C)C)c(=O)c2Cl)cc1.Cc1ccc(S(=O)(=O)OC(C)CCc2ccc(COc3cnn(C(C)(C)C)c(=O)c3Cl)cc2)cc1. The summed E-state index contributed by atoms with van der Waals surface area (Å²) in [5.74, 6) is 0.504. The molecule has 60 heavy (non-hydrogen) atoms. The fraction of sp³-hybridized carbons (Fsp3) is 0.422. The molecule has 15 heteroatoms. The van der Waals surface area contributed by atoms with Gasteiger partial charge in [0.15, 0.2) is 21.5 Å². The van der Waals surface area contributed by atoms with E-state index in [1.54, 1.807) is 38.1 Å². The number of hydrogen-bond acceptors (Lipinski definition) is 9. The topological polar surface area (TPSA) is 132 Å². The predicted molar refractivity (Wildman–Crippen MR) is 235 cm³/mol. The summed E-state index contributed by atoms with van der Waals surface area (Å²) < 4.78 is 57.1. The highest BCUT2D eigenvalue weighted by molar-refractivity contribution is 7.86. The number of rotatable bonds is 15. The summed E-state index contributed by atoms with van der Waals surface area (Å²) in [4.78, 5) is 24.9. The molecule has 0 saturated carbocycles. The van der Waals surface area contributed by atoms with Crippen LogP contribution in [-0.2, 0) is 51.4 Å². The van der Waals surface area contributed by atoms with Gasteiger partial charge in [0.2, 0.25) is 0 Å². The molecule has 0 N–H and O–H groups in total. The Morgan fingerprint density at radius 2 is 1.03 bits per heavy atom. The van der Waals surface area contributed by atoms with Gasteiger partial charge in [0.25, 0.3) is 21.2 Å². The molecule has 2 unspecified atom stereocenters. The van der Waals surface area contributed by atoms with Gasteiger partial charge in [-0.3, -0.25) is 13.8 Å². The maximum absolute atomic E-state index is 12.9. The van der Waals surface area contributed by atoms with Crippen LogP contribution in [0.25, 0.3) is 0 Å². The van der Waals surface area contributed by atoms with Gasteiger partial charge in [-0.1, -0.05) is 89.4 Å². The summed E-state index contributed by atoms with van der Waals surface area (Å²) in [5, 5.41) is 8.33. The molecular weight excluding hydrogens is 830 g/mol. The van der Waals surface area contributed by atoms with Crippen molar-refractivity contribution in [1.82, 2.24) is 19.6 Å². The van der Waals surface area contributed by atoms with Crippen molar-refractivity contribution < 1.29 is 26.5 Å².